The van der Waals surface area contributed by atoms with E-state index in [0.29, 0.717) is 17.2 Å². The normalized spacial score (nSPS) is 15.2. The minimum atomic E-state index is -0.0483. The molecule has 1 saturated heterocycles. The van der Waals surface area contributed by atoms with E-state index in [1.165, 1.54) is 0 Å². The number of rotatable bonds is 5. The third kappa shape index (κ3) is 5.37. The van der Waals surface area contributed by atoms with E-state index in [0.717, 1.165) is 37.6 Å². The zero-order chi connectivity index (χ0) is 17.5. The second-order valence-electron chi connectivity index (χ2n) is 6.55. The Morgan fingerprint density at radius 3 is 2.71 bits per heavy atom. The summed E-state index contributed by atoms with van der Waals surface area (Å²) in [6.45, 7) is 6.96. The fourth-order valence-electron chi connectivity index (χ4n) is 2.66. The quantitative estimate of drug-likeness (QED) is 0.800. The lowest BCUT2D eigenvalue weighted by atomic mass is 10.0. The van der Waals surface area contributed by atoms with Crippen molar-refractivity contribution < 1.29 is 9.53 Å². The van der Waals surface area contributed by atoms with E-state index >= 15 is 0 Å². The second-order valence-corrected chi connectivity index (χ2v) is 6.93. The lowest BCUT2D eigenvalue weighted by Gasteiger charge is -2.34. The van der Waals surface area contributed by atoms with Crippen LogP contribution in [0.5, 0.6) is 5.75 Å². The van der Waals surface area contributed by atoms with Crippen LogP contribution < -0.4 is 15.4 Å². The number of nitrogens with one attached hydrogen (secondary N) is 2. The molecule has 24 heavy (non-hydrogen) atoms. The maximum Gasteiger partial charge on any atom is 0.251 e. The number of methoxy groups -OCH3 is 1. The molecule has 0 spiro atoms. The van der Waals surface area contributed by atoms with Crippen LogP contribution in [-0.4, -0.2) is 48.7 Å². The molecule has 2 N–H and O–H groups in total. The molecule has 1 heterocycles. The number of ether oxygens (including phenoxy) is 1. The molecular weight excluding hydrogens is 322 g/mol. The van der Waals surface area contributed by atoms with Crippen molar-refractivity contribution in [1.29, 1.82) is 0 Å². The first-order valence-corrected chi connectivity index (χ1v) is 8.88. The Hall–Kier alpha value is -1.82. The molecule has 0 radical (unpaired) electrons. The summed E-state index contributed by atoms with van der Waals surface area (Å²) in [6, 6.07) is 7.41. The fourth-order valence-corrected chi connectivity index (χ4v) is 2.93. The minimum absolute atomic E-state index is 0.0483. The summed E-state index contributed by atoms with van der Waals surface area (Å²) in [4.78, 5) is 14.5. The van der Waals surface area contributed by atoms with Crippen molar-refractivity contribution in [2.75, 3.05) is 26.7 Å². The van der Waals surface area contributed by atoms with Crippen LogP contribution in [-0.2, 0) is 0 Å². The number of benzene rings is 1. The third-order valence-electron chi connectivity index (χ3n) is 4.11. The molecule has 0 bridgehead atoms. The van der Waals surface area contributed by atoms with Gasteiger partial charge in [-0.05, 0) is 49.2 Å². The van der Waals surface area contributed by atoms with Gasteiger partial charge in [-0.2, -0.15) is 0 Å². The Bertz CT molecular complexity index is 569. The van der Waals surface area contributed by atoms with Crippen LogP contribution in [0.3, 0.4) is 0 Å². The second kappa shape index (κ2) is 8.87. The topological polar surface area (TPSA) is 53.6 Å². The van der Waals surface area contributed by atoms with E-state index in [9.17, 15) is 4.79 Å². The number of carbonyl (C=O) groups is 1. The van der Waals surface area contributed by atoms with Crippen LogP contribution in [0, 0.1) is 5.92 Å². The van der Waals surface area contributed by atoms with Crippen LogP contribution in [0.25, 0.3) is 0 Å². The van der Waals surface area contributed by atoms with Gasteiger partial charge in [-0.3, -0.25) is 4.79 Å². The van der Waals surface area contributed by atoms with Crippen LogP contribution in [0.4, 0.5) is 0 Å². The first-order valence-electron chi connectivity index (χ1n) is 8.47. The number of hydrogen-bond donors (Lipinski definition) is 2. The highest BCUT2D eigenvalue weighted by molar-refractivity contribution is 7.80. The van der Waals surface area contributed by atoms with Gasteiger partial charge in [-0.1, -0.05) is 19.9 Å². The largest absolute Gasteiger partial charge is 0.497 e. The van der Waals surface area contributed by atoms with Gasteiger partial charge in [0, 0.05) is 31.2 Å². The van der Waals surface area contributed by atoms with Gasteiger partial charge in [0.1, 0.15) is 5.75 Å². The highest BCUT2D eigenvalue weighted by atomic mass is 32.1. The average molecular weight is 350 g/mol. The zero-order valence-electron chi connectivity index (χ0n) is 14.7. The first-order chi connectivity index (χ1) is 11.5. The zero-order valence-corrected chi connectivity index (χ0v) is 15.5. The van der Waals surface area contributed by atoms with Crippen molar-refractivity contribution >= 4 is 23.2 Å². The third-order valence-corrected chi connectivity index (χ3v) is 4.51. The molecule has 1 amide bonds. The number of nitrogens with zero attached hydrogens (tertiary/aromatic N) is 1. The molecule has 0 aliphatic carbocycles. The SMILES string of the molecule is COc1cccc(C(=O)NC2CCN(C(=S)NCC(C)C)CC2)c1. The van der Waals surface area contributed by atoms with Crippen molar-refractivity contribution in [1.82, 2.24) is 15.5 Å². The number of hydrogen-bond acceptors (Lipinski definition) is 3. The van der Waals surface area contributed by atoms with Crippen molar-refractivity contribution in [3.05, 3.63) is 29.8 Å². The Kier molecular flexibility index (Phi) is 6.85. The van der Waals surface area contributed by atoms with Gasteiger partial charge in [0.15, 0.2) is 5.11 Å². The molecule has 0 unspecified atom stereocenters. The van der Waals surface area contributed by atoms with Gasteiger partial charge in [-0.15, -0.1) is 0 Å². The standard InChI is InChI=1S/C18H27N3O2S/c1-13(2)12-19-18(24)21-9-7-15(8-10-21)20-17(22)14-5-4-6-16(11-14)23-3/h4-6,11,13,15H,7-10,12H2,1-3H3,(H,19,24)(H,20,22). The highest BCUT2D eigenvalue weighted by Crippen LogP contribution is 2.15. The molecule has 0 aromatic heterocycles. The number of piperidine rings is 1. The van der Waals surface area contributed by atoms with Gasteiger partial charge >= 0.3 is 0 Å². The summed E-state index contributed by atoms with van der Waals surface area (Å²) in [7, 11) is 1.60. The molecule has 1 aliphatic heterocycles. The van der Waals surface area contributed by atoms with Crippen molar-refractivity contribution in [2.24, 2.45) is 5.92 Å². The van der Waals surface area contributed by atoms with Crippen LogP contribution >= 0.6 is 12.2 Å². The molecule has 132 valence electrons. The van der Waals surface area contributed by atoms with Gasteiger partial charge < -0.3 is 20.3 Å². The van der Waals surface area contributed by atoms with E-state index < -0.39 is 0 Å². The molecule has 0 saturated carbocycles. The van der Waals surface area contributed by atoms with Gasteiger partial charge in [0.2, 0.25) is 0 Å². The van der Waals surface area contributed by atoms with Gasteiger partial charge in [0.25, 0.3) is 5.91 Å². The molecule has 0 atom stereocenters. The summed E-state index contributed by atoms with van der Waals surface area (Å²) in [5, 5.41) is 7.23. The van der Waals surface area contributed by atoms with E-state index in [4.69, 9.17) is 17.0 Å². The maximum atomic E-state index is 12.4. The summed E-state index contributed by atoms with van der Waals surface area (Å²) < 4.78 is 5.17. The Labute approximate surface area is 149 Å². The molecule has 1 fully saturated rings. The molecule has 6 heteroatoms. The molecule has 1 aromatic rings. The van der Waals surface area contributed by atoms with E-state index in [-0.39, 0.29) is 11.9 Å². The lowest BCUT2D eigenvalue weighted by molar-refractivity contribution is 0.0922. The van der Waals surface area contributed by atoms with Gasteiger partial charge in [-0.25, -0.2) is 0 Å². The van der Waals surface area contributed by atoms with Crippen LogP contribution in [0.15, 0.2) is 24.3 Å². The highest BCUT2D eigenvalue weighted by Gasteiger charge is 2.22. The van der Waals surface area contributed by atoms with Crippen LogP contribution in [0.2, 0.25) is 0 Å². The Morgan fingerprint density at radius 2 is 2.08 bits per heavy atom. The van der Waals surface area contributed by atoms with Crippen LogP contribution in [0.1, 0.15) is 37.0 Å². The fraction of sp³-hybridized carbons (Fsp3) is 0.556. The predicted molar refractivity (Wildman–Crippen MR) is 100 cm³/mol. The molecular formula is C18H27N3O2S. The van der Waals surface area contributed by atoms with E-state index in [1.54, 1.807) is 19.2 Å². The smallest absolute Gasteiger partial charge is 0.251 e. The Balaban J connectivity index is 1.80. The predicted octanol–water partition coefficient (Wildman–Crippen LogP) is 2.42. The Morgan fingerprint density at radius 1 is 1.38 bits per heavy atom. The maximum absolute atomic E-state index is 12.4. The number of amides is 1. The molecule has 2 rings (SSSR count). The summed E-state index contributed by atoms with van der Waals surface area (Å²) in [5.41, 5.74) is 0.630. The first kappa shape index (κ1) is 18.5. The molecule has 5 nitrogen and oxygen atoms in total. The lowest BCUT2D eigenvalue weighted by Crippen LogP contribution is -2.49. The van der Waals surface area contributed by atoms with E-state index in [1.807, 2.05) is 12.1 Å². The summed E-state index contributed by atoms with van der Waals surface area (Å²) >= 11 is 5.44. The van der Waals surface area contributed by atoms with E-state index in [2.05, 4.69) is 29.4 Å². The average Bonchev–Trinajstić information content (AvgIpc) is 2.60. The monoisotopic (exact) mass is 349 g/mol. The number of thiocarbonyl (C=S) groups is 1. The van der Waals surface area contributed by atoms with Crippen molar-refractivity contribution in [3.63, 3.8) is 0 Å². The number of carbonyl (C=O) groups excluding carboxylic acids is 1. The molecule has 1 aliphatic rings. The minimum Gasteiger partial charge on any atom is -0.497 e. The summed E-state index contributed by atoms with van der Waals surface area (Å²) in [5.74, 6) is 1.22. The van der Waals surface area contributed by atoms with Gasteiger partial charge in [0.05, 0.1) is 7.11 Å². The summed E-state index contributed by atoms with van der Waals surface area (Å²) in [6.07, 6.45) is 1.80. The van der Waals surface area contributed by atoms with Crippen molar-refractivity contribution in [3.8, 4) is 5.75 Å². The number of likely N-dealkylation sites (tertiary alicyclic amines) is 1. The van der Waals surface area contributed by atoms with Crippen molar-refractivity contribution in [2.45, 2.75) is 32.7 Å². The molecule has 1 aromatic carbocycles.